The van der Waals surface area contributed by atoms with Crippen molar-refractivity contribution in [3.8, 4) is 0 Å². The lowest BCUT2D eigenvalue weighted by Gasteiger charge is -2.25. The van der Waals surface area contributed by atoms with Crippen molar-refractivity contribution in [2.75, 3.05) is 6.61 Å². The minimum atomic E-state index is -2.80. The summed E-state index contributed by atoms with van der Waals surface area (Å²) in [6.45, 7) is 0.437. The average Bonchev–Trinajstić information content (AvgIpc) is 2.72. The third-order valence-electron chi connectivity index (χ3n) is 3.32. The Morgan fingerprint density at radius 3 is 2.79 bits per heavy atom. The van der Waals surface area contributed by atoms with Crippen molar-refractivity contribution in [3.63, 3.8) is 0 Å². The highest BCUT2D eigenvalue weighted by atomic mass is 19.3. The van der Waals surface area contributed by atoms with Crippen molar-refractivity contribution in [1.82, 2.24) is 4.57 Å². The second kappa shape index (κ2) is 4.38. The van der Waals surface area contributed by atoms with Gasteiger partial charge in [0.1, 0.15) is 0 Å². The summed E-state index contributed by atoms with van der Waals surface area (Å²) in [4.78, 5) is 11.2. The predicted molar refractivity (Wildman–Crippen MR) is 62.1 cm³/mol. The van der Waals surface area contributed by atoms with Crippen LogP contribution >= 0.6 is 0 Å². The van der Waals surface area contributed by atoms with Crippen LogP contribution < -0.4 is 0 Å². The fraction of sp³-hybridized carbons (Fsp3) is 0.308. The van der Waals surface area contributed by atoms with E-state index in [9.17, 15) is 18.0 Å². The number of alkyl halides is 2. The van der Waals surface area contributed by atoms with Gasteiger partial charge in [-0.15, -0.1) is 0 Å². The van der Waals surface area contributed by atoms with Crippen molar-refractivity contribution in [1.29, 1.82) is 0 Å². The highest BCUT2D eigenvalue weighted by molar-refractivity contribution is 6.05. The van der Waals surface area contributed by atoms with E-state index in [4.69, 9.17) is 4.74 Å². The molecule has 1 aromatic heterocycles. The van der Waals surface area contributed by atoms with Gasteiger partial charge in [-0.3, -0.25) is 4.79 Å². The number of aromatic nitrogens is 1. The van der Waals surface area contributed by atoms with E-state index in [2.05, 4.69) is 0 Å². The molecule has 3 rings (SSSR count). The van der Waals surface area contributed by atoms with Gasteiger partial charge in [-0.05, 0) is 6.07 Å². The first-order valence-corrected chi connectivity index (χ1v) is 5.82. The topological polar surface area (TPSA) is 31.2 Å². The number of para-hydroxylation sites is 1. The lowest BCUT2D eigenvalue weighted by atomic mass is 10.1. The molecular weight excluding hydrogens is 259 g/mol. The fourth-order valence-corrected chi connectivity index (χ4v) is 2.61. The monoisotopic (exact) mass is 269 g/mol. The Hall–Kier alpha value is -1.82. The Morgan fingerprint density at radius 1 is 1.37 bits per heavy atom. The number of nitrogens with zero attached hydrogens (tertiary/aromatic N) is 1. The molecule has 1 aliphatic rings. The van der Waals surface area contributed by atoms with Gasteiger partial charge in [0.15, 0.2) is 6.10 Å². The molecule has 1 unspecified atom stereocenters. The van der Waals surface area contributed by atoms with E-state index in [-0.39, 0.29) is 17.9 Å². The van der Waals surface area contributed by atoms with Crippen LogP contribution in [-0.4, -0.2) is 23.6 Å². The van der Waals surface area contributed by atoms with Crippen LogP contribution in [0.3, 0.4) is 0 Å². The van der Waals surface area contributed by atoms with E-state index >= 15 is 0 Å². The molecule has 0 fully saturated rings. The van der Waals surface area contributed by atoms with Gasteiger partial charge in [0.05, 0.1) is 17.9 Å². The number of halogens is 3. The number of hydrogen-bond acceptors (Lipinski definition) is 2. The van der Waals surface area contributed by atoms with E-state index < -0.39 is 18.6 Å². The van der Waals surface area contributed by atoms with Gasteiger partial charge in [-0.25, -0.2) is 8.78 Å². The molecule has 2 aromatic rings. The molecule has 2 heterocycles. The zero-order valence-corrected chi connectivity index (χ0v) is 9.78. The second-order valence-electron chi connectivity index (χ2n) is 4.33. The van der Waals surface area contributed by atoms with E-state index in [1.54, 1.807) is 28.8 Å². The molecule has 0 amide bonds. The van der Waals surface area contributed by atoms with E-state index in [0.29, 0.717) is 17.4 Å². The SMILES string of the molecule is O=C(F)c1c2n(c3ccccc13)CCOC2C(F)F. The molecule has 0 bridgehead atoms. The van der Waals surface area contributed by atoms with Crippen LogP contribution in [0.5, 0.6) is 0 Å². The predicted octanol–water partition coefficient (Wildman–Crippen LogP) is 3.09. The molecule has 6 heteroatoms. The van der Waals surface area contributed by atoms with Crippen LogP contribution in [0.1, 0.15) is 22.2 Å². The highest BCUT2D eigenvalue weighted by Crippen LogP contribution is 2.37. The molecule has 0 N–H and O–H groups in total. The Labute approximate surface area is 106 Å². The summed E-state index contributed by atoms with van der Waals surface area (Å²) in [7, 11) is 0. The lowest BCUT2D eigenvalue weighted by molar-refractivity contribution is -0.0766. The van der Waals surface area contributed by atoms with Gasteiger partial charge < -0.3 is 9.30 Å². The van der Waals surface area contributed by atoms with Gasteiger partial charge in [0, 0.05) is 17.4 Å². The molecule has 100 valence electrons. The van der Waals surface area contributed by atoms with Crippen molar-refractivity contribution < 1.29 is 22.7 Å². The van der Waals surface area contributed by atoms with E-state index in [0.717, 1.165) is 0 Å². The van der Waals surface area contributed by atoms with Crippen molar-refractivity contribution >= 4 is 16.9 Å². The van der Waals surface area contributed by atoms with Crippen molar-refractivity contribution in [3.05, 3.63) is 35.5 Å². The summed E-state index contributed by atoms with van der Waals surface area (Å²) >= 11 is 0. The first kappa shape index (κ1) is 12.2. The fourth-order valence-electron chi connectivity index (χ4n) is 2.61. The zero-order valence-electron chi connectivity index (χ0n) is 9.78. The number of ether oxygens (including phenoxy) is 1. The molecule has 1 aromatic carbocycles. The minimum Gasteiger partial charge on any atom is -0.364 e. The van der Waals surface area contributed by atoms with Crippen LogP contribution in [0, 0.1) is 0 Å². The molecule has 0 spiro atoms. The maximum atomic E-state index is 13.3. The Bertz CT molecular complexity index is 651. The summed E-state index contributed by atoms with van der Waals surface area (Å²) < 4.78 is 45.8. The molecule has 1 atom stereocenters. The van der Waals surface area contributed by atoms with Gasteiger partial charge in [-0.1, -0.05) is 18.2 Å². The standard InChI is InChI=1S/C13H10F3NO2/c14-12(15)11-10-9(13(16)18)7-3-1-2-4-8(7)17(10)5-6-19-11/h1-4,11-12H,5-6H2. The van der Waals surface area contributed by atoms with Gasteiger partial charge in [0.25, 0.3) is 6.43 Å². The summed E-state index contributed by atoms with van der Waals surface area (Å²) in [6.07, 6.45) is -4.36. The van der Waals surface area contributed by atoms with E-state index in [1.165, 1.54) is 0 Å². The zero-order chi connectivity index (χ0) is 13.6. The Balaban J connectivity index is 2.37. The largest absolute Gasteiger partial charge is 0.364 e. The Kier molecular flexibility index (Phi) is 2.82. The number of rotatable bonds is 2. The number of hydrogen-bond donors (Lipinski definition) is 0. The normalized spacial score (nSPS) is 18.8. The summed E-state index contributed by atoms with van der Waals surface area (Å²) in [5, 5.41) is 0.348. The number of fused-ring (bicyclic) bond motifs is 3. The quantitative estimate of drug-likeness (QED) is 0.784. The maximum Gasteiger partial charge on any atom is 0.334 e. The molecular formula is C13H10F3NO2. The molecule has 0 saturated heterocycles. The summed E-state index contributed by atoms with van der Waals surface area (Å²) in [5.74, 6) is 0. The van der Waals surface area contributed by atoms with Crippen LogP contribution in [0.2, 0.25) is 0 Å². The lowest BCUT2D eigenvalue weighted by Crippen LogP contribution is -2.27. The minimum absolute atomic E-state index is 0.0602. The van der Waals surface area contributed by atoms with Crippen molar-refractivity contribution in [2.45, 2.75) is 19.1 Å². The van der Waals surface area contributed by atoms with E-state index in [1.807, 2.05) is 0 Å². The molecule has 3 nitrogen and oxygen atoms in total. The molecule has 1 aliphatic heterocycles. The van der Waals surface area contributed by atoms with Gasteiger partial charge in [0.2, 0.25) is 0 Å². The number of carbonyl (C=O) groups is 1. The maximum absolute atomic E-state index is 13.3. The molecule has 19 heavy (non-hydrogen) atoms. The first-order valence-electron chi connectivity index (χ1n) is 5.82. The third-order valence-corrected chi connectivity index (χ3v) is 3.32. The summed E-state index contributed by atoms with van der Waals surface area (Å²) in [5.41, 5.74) is 0.211. The smallest absolute Gasteiger partial charge is 0.334 e. The third kappa shape index (κ3) is 1.74. The first-order chi connectivity index (χ1) is 9.11. The second-order valence-corrected chi connectivity index (χ2v) is 4.33. The number of benzene rings is 1. The molecule has 0 radical (unpaired) electrons. The van der Waals surface area contributed by atoms with Crippen LogP contribution in [0.25, 0.3) is 10.9 Å². The number of carbonyl (C=O) groups excluding carboxylic acids is 1. The highest BCUT2D eigenvalue weighted by Gasteiger charge is 2.36. The molecule has 0 saturated carbocycles. The van der Waals surface area contributed by atoms with Gasteiger partial charge >= 0.3 is 6.04 Å². The van der Waals surface area contributed by atoms with Crippen LogP contribution in [0.4, 0.5) is 13.2 Å². The van der Waals surface area contributed by atoms with Crippen LogP contribution in [0.15, 0.2) is 24.3 Å². The average molecular weight is 269 g/mol. The summed E-state index contributed by atoms with van der Waals surface area (Å²) in [6, 6.07) is 4.88. The Morgan fingerprint density at radius 2 is 2.11 bits per heavy atom. The van der Waals surface area contributed by atoms with Gasteiger partial charge in [-0.2, -0.15) is 4.39 Å². The van der Waals surface area contributed by atoms with Crippen LogP contribution in [-0.2, 0) is 11.3 Å². The van der Waals surface area contributed by atoms with Crippen molar-refractivity contribution in [2.24, 2.45) is 0 Å². The molecule has 0 aliphatic carbocycles.